The maximum Gasteiger partial charge on any atom is 0.338 e. The molecule has 1 aliphatic heterocycles. The molecule has 1 aliphatic rings. The molecule has 172 valence electrons. The minimum Gasteiger partial charge on any atom is -0.452 e. The van der Waals surface area contributed by atoms with Gasteiger partial charge in [-0.15, -0.1) is 17.9 Å². The van der Waals surface area contributed by atoms with E-state index < -0.39 is 41.9 Å². The fraction of sp³-hybridized carbons (Fsp3) is 0.0870. The molecule has 1 aromatic heterocycles. The minimum absolute atomic E-state index is 0.00809. The lowest BCUT2D eigenvalue weighted by molar-refractivity contribution is -0.119. The Hall–Kier alpha value is -4.25. The Morgan fingerprint density at radius 3 is 2.62 bits per heavy atom. The van der Waals surface area contributed by atoms with Crippen molar-refractivity contribution in [2.45, 2.75) is 0 Å². The van der Waals surface area contributed by atoms with Crippen LogP contribution in [-0.4, -0.2) is 46.7 Å². The molecule has 0 unspecified atom stereocenters. The molecular formula is C23H15F2N3O5S. The molecule has 0 atom stereocenters. The highest BCUT2D eigenvalue weighted by atomic mass is 32.1. The second kappa shape index (κ2) is 9.32. The summed E-state index contributed by atoms with van der Waals surface area (Å²) in [5, 5.41) is 3.95. The topological polar surface area (TPSA) is 106 Å². The van der Waals surface area contributed by atoms with Crippen molar-refractivity contribution in [2.75, 3.05) is 18.5 Å². The second-order valence-electron chi connectivity index (χ2n) is 7.06. The molecule has 34 heavy (non-hydrogen) atoms. The first-order valence-electron chi connectivity index (χ1n) is 9.77. The van der Waals surface area contributed by atoms with Gasteiger partial charge in [0.2, 0.25) is 0 Å². The van der Waals surface area contributed by atoms with Crippen LogP contribution in [0.25, 0.3) is 11.3 Å². The quantitative estimate of drug-likeness (QED) is 0.312. The van der Waals surface area contributed by atoms with E-state index >= 15 is 0 Å². The molecule has 0 aliphatic carbocycles. The highest BCUT2D eigenvalue weighted by Gasteiger charge is 2.35. The first-order valence-corrected chi connectivity index (χ1v) is 10.7. The Bertz CT molecular complexity index is 1350. The van der Waals surface area contributed by atoms with Gasteiger partial charge < -0.3 is 4.74 Å². The van der Waals surface area contributed by atoms with E-state index in [-0.39, 0.29) is 39.6 Å². The van der Waals surface area contributed by atoms with Gasteiger partial charge in [-0.3, -0.25) is 24.6 Å². The molecular weight excluding hydrogens is 468 g/mol. The lowest BCUT2D eigenvalue weighted by atomic mass is 10.1. The summed E-state index contributed by atoms with van der Waals surface area (Å²) in [7, 11) is 0. The van der Waals surface area contributed by atoms with Crippen LogP contribution >= 0.6 is 11.3 Å². The number of amides is 3. The van der Waals surface area contributed by atoms with Crippen molar-refractivity contribution in [1.82, 2.24) is 9.88 Å². The fourth-order valence-electron chi connectivity index (χ4n) is 3.23. The average molecular weight is 483 g/mol. The van der Waals surface area contributed by atoms with E-state index in [0.717, 1.165) is 34.4 Å². The number of esters is 1. The van der Waals surface area contributed by atoms with Gasteiger partial charge in [-0.1, -0.05) is 6.08 Å². The van der Waals surface area contributed by atoms with Crippen molar-refractivity contribution in [3.63, 3.8) is 0 Å². The van der Waals surface area contributed by atoms with E-state index in [1.54, 1.807) is 0 Å². The molecule has 0 saturated carbocycles. The van der Waals surface area contributed by atoms with Crippen LogP contribution < -0.4 is 5.32 Å². The molecule has 0 bridgehead atoms. The monoisotopic (exact) mass is 483 g/mol. The zero-order chi connectivity index (χ0) is 24.4. The Morgan fingerprint density at radius 2 is 1.85 bits per heavy atom. The van der Waals surface area contributed by atoms with Gasteiger partial charge in [0, 0.05) is 17.5 Å². The third-order valence-corrected chi connectivity index (χ3v) is 5.57. The highest BCUT2D eigenvalue weighted by molar-refractivity contribution is 7.14. The van der Waals surface area contributed by atoms with E-state index in [4.69, 9.17) is 4.74 Å². The molecule has 11 heteroatoms. The summed E-state index contributed by atoms with van der Waals surface area (Å²) < 4.78 is 32.3. The Balaban J connectivity index is 1.37. The van der Waals surface area contributed by atoms with Crippen LogP contribution in [-0.2, 0) is 9.53 Å². The molecule has 0 spiro atoms. The number of hydrogen-bond acceptors (Lipinski definition) is 7. The zero-order valence-electron chi connectivity index (χ0n) is 17.3. The molecule has 8 nitrogen and oxygen atoms in total. The van der Waals surface area contributed by atoms with Gasteiger partial charge >= 0.3 is 5.97 Å². The van der Waals surface area contributed by atoms with Crippen LogP contribution in [0.2, 0.25) is 0 Å². The summed E-state index contributed by atoms with van der Waals surface area (Å²) in [5.41, 5.74) is 0.295. The van der Waals surface area contributed by atoms with E-state index in [1.807, 2.05) is 0 Å². The van der Waals surface area contributed by atoms with Crippen LogP contribution in [0.5, 0.6) is 0 Å². The van der Waals surface area contributed by atoms with Crippen LogP contribution in [0.3, 0.4) is 0 Å². The smallest absolute Gasteiger partial charge is 0.338 e. The molecule has 0 radical (unpaired) electrons. The number of imide groups is 1. The van der Waals surface area contributed by atoms with Gasteiger partial charge in [-0.2, -0.15) is 0 Å². The van der Waals surface area contributed by atoms with Crippen molar-refractivity contribution in [2.24, 2.45) is 0 Å². The average Bonchev–Trinajstić information content (AvgIpc) is 3.37. The fourth-order valence-corrected chi connectivity index (χ4v) is 3.96. The first kappa shape index (κ1) is 22.9. The van der Waals surface area contributed by atoms with Gasteiger partial charge in [-0.05, 0) is 36.4 Å². The summed E-state index contributed by atoms with van der Waals surface area (Å²) in [6.07, 6.45) is 1.41. The number of rotatable bonds is 7. The van der Waals surface area contributed by atoms with Crippen molar-refractivity contribution in [3.8, 4) is 11.3 Å². The largest absolute Gasteiger partial charge is 0.452 e. The van der Waals surface area contributed by atoms with Gasteiger partial charge in [0.1, 0.15) is 11.6 Å². The molecule has 2 aromatic carbocycles. The number of hydrogen-bond donors (Lipinski definition) is 1. The molecule has 3 amide bonds. The molecule has 0 saturated heterocycles. The number of ether oxygens (including phenoxy) is 1. The van der Waals surface area contributed by atoms with Crippen molar-refractivity contribution >= 4 is 40.2 Å². The van der Waals surface area contributed by atoms with E-state index in [9.17, 15) is 28.0 Å². The van der Waals surface area contributed by atoms with Crippen LogP contribution in [0, 0.1) is 11.6 Å². The number of carbonyl (C=O) groups excluding carboxylic acids is 4. The number of nitrogens with zero attached hydrogens (tertiary/aromatic N) is 2. The Kier molecular flexibility index (Phi) is 6.28. The normalized spacial score (nSPS) is 12.5. The lowest BCUT2D eigenvalue weighted by Gasteiger charge is -2.09. The Morgan fingerprint density at radius 1 is 1.09 bits per heavy atom. The number of nitrogens with one attached hydrogen (secondary N) is 1. The molecule has 2 heterocycles. The summed E-state index contributed by atoms with van der Waals surface area (Å²) in [5.74, 6) is -3.92. The number of benzene rings is 2. The summed E-state index contributed by atoms with van der Waals surface area (Å²) in [6.45, 7) is 2.88. The van der Waals surface area contributed by atoms with Crippen LogP contribution in [0.15, 0.2) is 54.4 Å². The van der Waals surface area contributed by atoms with Gasteiger partial charge in [0.15, 0.2) is 11.7 Å². The standard InChI is InChI=1S/C23H15F2N3O5S/c1-2-7-28-20(30)14-5-3-12(8-15(14)21(28)31)22(32)33-10-19(29)27-23-26-18(11-34-23)16-9-13(24)4-6-17(16)25/h2-6,8-9,11H,1,7,10H2,(H,26,27,29). The third-order valence-electron chi connectivity index (χ3n) is 4.81. The predicted octanol–water partition coefficient (Wildman–Crippen LogP) is 3.67. The number of aromatic nitrogens is 1. The predicted molar refractivity (Wildman–Crippen MR) is 118 cm³/mol. The third kappa shape index (κ3) is 4.46. The zero-order valence-corrected chi connectivity index (χ0v) is 18.2. The lowest BCUT2D eigenvalue weighted by Crippen LogP contribution is -2.29. The number of halogens is 2. The summed E-state index contributed by atoms with van der Waals surface area (Å²) in [4.78, 5) is 54.1. The molecule has 4 rings (SSSR count). The molecule has 3 aromatic rings. The van der Waals surface area contributed by atoms with Crippen LogP contribution in [0.1, 0.15) is 31.1 Å². The molecule has 1 N–H and O–H groups in total. The SMILES string of the molecule is C=CCN1C(=O)c2ccc(C(=O)OCC(=O)Nc3nc(-c4cc(F)ccc4F)cs3)cc2C1=O. The minimum atomic E-state index is -0.873. The van der Waals surface area contributed by atoms with Gasteiger partial charge in [-0.25, -0.2) is 18.6 Å². The van der Waals surface area contributed by atoms with E-state index in [0.29, 0.717) is 0 Å². The maximum absolute atomic E-state index is 13.9. The number of thiazole rings is 1. The number of anilines is 1. The Labute approximate surface area is 195 Å². The van der Waals surface area contributed by atoms with E-state index in [1.165, 1.54) is 29.7 Å². The van der Waals surface area contributed by atoms with Crippen LogP contribution in [0.4, 0.5) is 13.9 Å². The van der Waals surface area contributed by atoms with Gasteiger partial charge in [0.05, 0.1) is 22.4 Å². The van der Waals surface area contributed by atoms with E-state index in [2.05, 4.69) is 16.9 Å². The van der Waals surface area contributed by atoms with Crippen molar-refractivity contribution in [3.05, 3.63) is 82.8 Å². The van der Waals surface area contributed by atoms with Crippen molar-refractivity contribution < 1.29 is 32.7 Å². The summed E-state index contributed by atoms with van der Waals surface area (Å²) >= 11 is 0.982. The highest BCUT2D eigenvalue weighted by Crippen LogP contribution is 2.28. The van der Waals surface area contributed by atoms with Crippen molar-refractivity contribution in [1.29, 1.82) is 0 Å². The summed E-state index contributed by atoms with van der Waals surface area (Å²) in [6, 6.07) is 6.85. The maximum atomic E-state index is 13.9. The number of fused-ring (bicyclic) bond motifs is 1. The van der Waals surface area contributed by atoms with Gasteiger partial charge in [0.25, 0.3) is 17.7 Å². The second-order valence-corrected chi connectivity index (χ2v) is 7.91. The number of carbonyl (C=O) groups is 4. The molecule has 0 fully saturated rings. The first-order chi connectivity index (χ1) is 16.3.